The molecule has 3 rings (SSSR count). The van der Waals surface area contributed by atoms with Gasteiger partial charge in [0.25, 0.3) is 0 Å². The maximum Gasteiger partial charge on any atom is 0.224 e. The van der Waals surface area contributed by atoms with Crippen molar-refractivity contribution in [1.82, 2.24) is 4.90 Å². The number of nitrogens with one attached hydrogen (secondary N) is 1. The molecule has 0 saturated heterocycles. The molecule has 0 radical (unpaired) electrons. The SMILES string of the molecule is COc1cc2c(cc1OC)CN(C(=O)CCNc1ccccc1C#N)CC2. The molecular weight excluding hydrogens is 342 g/mol. The van der Waals surface area contributed by atoms with Crippen molar-refractivity contribution in [3.63, 3.8) is 0 Å². The minimum Gasteiger partial charge on any atom is -0.493 e. The van der Waals surface area contributed by atoms with E-state index in [1.54, 1.807) is 20.3 Å². The molecule has 0 aliphatic carbocycles. The van der Waals surface area contributed by atoms with Crippen LogP contribution in [-0.4, -0.2) is 38.1 Å². The quantitative estimate of drug-likeness (QED) is 0.852. The van der Waals surface area contributed by atoms with E-state index < -0.39 is 0 Å². The molecule has 6 nitrogen and oxygen atoms in total. The molecule has 1 heterocycles. The van der Waals surface area contributed by atoms with Crippen LogP contribution in [0.1, 0.15) is 23.1 Å². The molecule has 0 saturated carbocycles. The Balaban J connectivity index is 1.60. The molecule has 0 atom stereocenters. The molecular formula is C21H23N3O3. The Kier molecular flexibility index (Phi) is 5.82. The van der Waals surface area contributed by atoms with Crippen molar-refractivity contribution in [2.45, 2.75) is 19.4 Å². The molecule has 0 fully saturated rings. The predicted molar refractivity (Wildman–Crippen MR) is 103 cm³/mol. The molecule has 27 heavy (non-hydrogen) atoms. The number of carbonyl (C=O) groups is 1. The summed E-state index contributed by atoms with van der Waals surface area (Å²) < 4.78 is 10.7. The highest BCUT2D eigenvalue weighted by molar-refractivity contribution is 5.77. The van der Waals surface area contributed by atoms with E-state index in [0.717, 1.165) is 23.4 Å². The summed E-state index contributed by atoms with van der Waals surface area (Å²) in [5.74, 6) is 1.49. The van der Waals surface area contributed by atoms with E-state index in [9.17, 15) is 4.79 Å². The predicted octanol–water partition coefficient (Wildman–Crippen LogP) is 2.96. The van der Waals surface area contributed by atoms with Crippen LogP contribution in [0.5, 0.6) is 11.5 Å². The number of hydrogen-bond acceptors (Lipinski definition) is 5. The zero-order chi connectivity index (χ0) is 19.2. The Bertz CT molecular complexity index is 873. The second-order valence-corrected chi connectivity index (χ2v) is 6.38. The van der Waals surface area contributed by atoms with E-state index in [1.807, 2.05) is 35.2 Å². The Hall–Kier alpha value is -3.20. The van der Waals surface area contributed by atoms with E-state index in [0.29, 0.717) is 37.4 Å². The lowest BCUT2D eigenvalue weighted by Gasteiger charge is -2.29. The fourth-order valence-electron chi connectivity index (χ4n) is 3.29. The van der Waals surface area contributed by atoms with E-state index >= 15 is 0 Å². The molecule has 0 spiro atoms. The molecule has 1 aliphatic rings. The maximum atomic E-state index is 12.6. The Morgan fingerprint density at radius 3 is 2.59 bits per heavy atom. The summed E-state index contributed by atoms with van der Waals surface area (Å²) in [5.41, 5.74) is 3.62. The molecule has 6 heteroatoms. The fourth-order valence-corrected chi connectivity index (χ4v) is 3.29. The number of nitriles is 1. The van der Waals surface area contributed by atoms with Gasteiger partial charge in [-0.05, 0) is 41.8 Å². The number of methoxy groups -OCH3 is 2. The Labute approximate surface area is 159 Å². The zero-order valence-corrected chi connectivity index (χ0v) is 15.6. The number of anilines is 1. The number of carbonyl (C=O) groups excluding carboxylic acids is 1. The highest BCUT2D eigenvalue weighted by Gasteiger charge is 2.22. The van der Waals surface area contributed by atoms with Gasteiger partial charge in [-0.1, -0.05) is 12.1 Å². The number of hydrogen-bond donors (Lipinski definition) is 1. The van der Waals surface area contributed by atoms with Crippen LogP contribution < -0.4 is 14.8 Å². The van der Waals surface area contributed by atoms with Crippen LogP contribution in [0.25, 0.3) is 0 Å². The summed E-state index contributed by atoms with van der Waals surface area (Å²) in [7, 11) is 3.24. The van der Waals surface area contributed by atoms with Gasteiger partial charge < -0.3 is 19.7 Å². The monoisotopic (exact) mass is 365 g/mol. The first-order valence-corrected chi connectivity index (χ1v) is 8.90. The summed E-state index contributed by atoms with van der Waals surface area (Å²) in [6.45, 7) is 1.76. The van der Waals surface area contributed by atoms with Gasteiger partial charge in [0.15, 0.2) is 11.5 Å². The molecule has 1 aliphatic heterocycles. The fraction of sp³-hybridized carbons (Fsp3) is 0.333. The summed E-state index contributed by atoms with van der Waals surface area (Å²) in [5, 5.41) is 12.3. The standard InChI is InChI=1S/C21H23N3O3/c1-26-19-11-15-8-10-24(14-17(15)12-20(19)27-2)21(25)7-9-23-18-6-4-3-5-16(18)13-22/h3-6,11-12,23H,7-10,14H2,1-2H3. The topological polar surface area (TPSA) is 74.6 Å². The zero-order valence-electron chi connectivity index (χ0n) is 15.6. The smallest absolute Gasteiger partial charge is 0.224 e. The first-order chi connectivity index (χ1) is 13.2. The highest BCUT2D eigenvalue weighted by atomic mass is 16.5. The number of benzene rings is 2. The maximum absolute atomic E-state index is 12.6. The first-order valence-electron chi connectivity index (χ1n) is 8.90. The first kappa shape index (κ1) is 18.6. The van der Waals surface area contributed by atoms with Gasteiger partial charge in [-0.3, -0.25) is 4.79 Å². The van der Waals surface area contributed by atoms with Gasteiger partial charge >= 0.3 is 0 Å². The third-order valence-electron chi connectivity index (χ3n) is 4.77. The Morgan fingerprint density at radius 1 is 1.19 bits per heavy atom. The number of amides is 1. The van der Waals surface area contributed by atoms with Gasteiger partial charge in [-0.25, -0.2) is 0 Å². The van der Waals surface area contributed by atoms with Crippen LogP contribution in [0, 0.1) is 11.3 Å². The average Bonchev–Trinajstić information content (AvgIpc) is 2.72. The largest absolute Gasteiger partial charge is 0.493 e. The minimum absolute atomic E-state index is 0.0948. The molecule has 0 aromatic heterocycles. The van der Waals surface area contributed by atoms with Gasteiger partial charge in [0.05, 0.1) is 25.5 Å². The molecule has 1 amide bonds. The van der Waals surface area contributed by atoms with Crippen LogP contribution >= 0.6 is 0 Å². The van der Waals surface area contributed by atoms with Crippen molar-refractivity contribution in [2.24, 2.45) is 0 Å². The van der Waals surface area contributed by atoms with E-state index in [1.165, 1.54) is 5.56 Å². The summed E-state index contributed by atoms with van der Waals surface area (Å²) in [6, 6.07) is 13.4. The number of fused-ring (bicyclic) bond motifs is 1. The third-order valence-corrected chi connectivity index (χ3v) is 4.77. The number of nitrogens with zero attached hydrogens (tertiary/aromatic N) is 2. The van der Waals surface area contributed by atoms with Gasteiger partial charge in [0, 0.05) is 26.1 Å². The van der Waals surface area contributed by atoms with Gasteiger partial charge in [-0.2, -0.15) is 5.26 Å². The van der Waals surface area contributed by atoms with Crippen molar-refractivity contribution in [3.05, 3.63) is 53.1 Å². The molecule has 1 N–H and O–H groups in total. The van der Waals surface area contributed by atoms with Crippen LogP contribution in [0.15, 0.2) is 36.4 Å². The van der Waals surface area contributed by atoms with Crippen LogP contribution in [-0.2, 0) is 17.8 Å². The van der Waals surface area contributed by atoms with Crippen molar-refractivity contribution >= 4 is 11.6 Å². The van der Waals surface area contributed by atoms with Gasteiger partial charge in [-0.15, -0.1) is 0 Å². The van der Waals surface area contributed by atoms with Crippen LogP contribution in [0.2, 0.25) is 0 Å². The minimum atomic E-state index is 0.0948. The lowest BCUT2D eigenvalue weighted by Crippen LogP contribution is -2.36. The van der Waals surface area contributed by atoms with Crippen molar-refractivity contribution in [2.75, 3.05) is 32.6 Å². The normalized spacial score (nSPS) is 12.7. The molecule has 0 bridgehead atoms. The second-order valence-electron chi connectivity index (χ2n) is 6.38. The second kappa shape index (κ2) is 8.45. The number of para-hydroxylation sites is 1. The number of rotatable bonds is 6. The molecule has 140 valence electrons. The summed E-state index contributed by atoms with van der Waals surface area (Å²) in [4.78, 5) is 14.5. The van der Waals surface area contributed by atoms with Crippen LogP contribution in [0.3, 0.4) is 0 Å². The van der Waals surface area contributed by atoms with Crippen molar-refractivity contribution in [1.29, 1.82) is 5.26 Å². The van der Waals surface area contributed by atoms with Crippen LogP contribution in [0.4, 0.5) is 5.69 Å². The van der Waals surface area contributed by atoms with Gasteiger partial charge in [0.2, 0.25) is 5.91 Å². The third kappa shape index (κ3) is 4.14. The van der Waals surface area contributed by atoms with E-state index in [4.69, 9.17) is 14.7 Å². The van der Waals surface area contributed by atoms with Crippen molar-refractivity contribution in [3.8, 4) is 17.6 Å². The highest BCUT2D eigenvalue weighted by Crippen LogP contribution is 2.33. The number of ether oxygens (including phenoxy) is 2. The Morgan fingerprint density at radius 2 is 1.89 bits per heavy atom. The van der Waals surface area contributed by atoms with Gasteiger partial charge in [0.1, 0.15) is 6.07 Å². The molecule has 2 aromatic carbocycles. The average molecular weight is 365 g/mol. The molecule has 2 aromatic rings. The van der Waals surface area contributed by atoms with E-state index in [-0.39, 0.29) is 5.91 Å². The molecule has 0 unspecified atom stereocenters. The lowest BCUT2D eigenvalue weighted by molar-refractivity contribution is -0.131. The van der Waals surface area contributed by atoms with E-state index in [2.05, 4.69) is 11.4 Å². The van der Waals surface area contributed by atoms with Crippen molar-refractivity contribution < 1.29 is 14.3 Å². The summed E-state index contributed by atoms with van der Waals surface area (Å²) in [6.07, 6.45) is 1.18. The lowest BCUT2D eigenvalue weighted by atomic mass is 9.98. The summed E-state index contributed by atoms with van der Waals surface area (Å²) >= 11 is 0.